The Morgan fingerprint density at radius 2 is 2.35 bits per heavy atom. The van der Waals surface area contributed by atoms with Gasteiger partial charge in [-0.2, -0.15) is 5.10 Å². The third-order valence-corrected chi connectivity index (χ3v) is 3.90. The first-order chi connectivity index (χ1) is 9.58. The fourth-order valence-electron chi connectivity index (χ4n) is 2.26. The van der Waals surface area contributed by atoms with Crippen LogP contribution in [0.25, 0.3) is 0 Å². The van der Waals surface area contributed by atoms with Gasteiger partial charge >= 0.3 is 0 Å². The summed E-state index contributed by atoms with van der Waals surface area (Å²) in [5.41, 5.74) is 2.82. The van der Waals surface area contributed by atoms with Gasteiger partial charge in [-0.1, -0.05) is 22.4 Å². The second-order valence-corrected chi connectivity index (χ2v) is 5.81. The third-order valence-electron chi connectivity index (χ3n) is 3.41. The van der Waals surface area contributed by atoms with Gasteiger partial charge in [0.2, 0.25) is 0 Å². The summed E-state index contributed by atoms with van der Waals surface area (Å²) in [4.78, 5) is 14.0. The Hall–Kier alpha value is -1.27. The lowest BCUT2D eigenvalue weighted by Gasteiger charge is -2.30. The molecule has 1 N–H and O–H groups in total. The average Bonchev–Trinajstić information content (AvgIpc) is 2.43. The Kier molecular flexibility index (Phi) is 5.25. The number of nitrogens with zero attached hydrogens (tertiary/aromatic N) is 2. The van der Waals surface area contributed by atoms with Crippen molar-refractivity contribution in [2.75, 3.05) is 13.6 Å². The van der Waals surface area contributed by atoms with Crippen molar-refractivity contribution in [3.05, 3.63) is 34.1 Å². The highest BCUT2D eigenvalue weighted by atomic mass is 79.9. The number of piperidine rings is 1. The zero-order valence-electron chi connectivity index (χ0n) is 11.3. The molecule has 0 aromatic heterocycles. The number of benzene rings is 1. The van der Waals surface area contributed by atoms with Gasteiger partial charge in [-0.25, -0.2) is 9.82 Å². The molecule has 0 saturated carbocycles. The maximum Gasteiger partial charge on any atom is 0.257 e. The van der Waals surface area contributed by atoms with E-state index in [2.05, 4.69) is 26.5 Å². The fraction of sp³-hybridized carbons (Fsp3) is 0.429. The van der Waals surface area contributed by atoms with Crippen molar-refractivity contribution < 1.29 is 9.18 Å². The van der Waals surface area contributed by atoms with E-state index in [-0.39, 0.29) is 17.8 Å². The lowest BCUT2D eigenvalue weighted by Crippen LogP contribution is -2.46. The number of carbonyl (C=O) groups excluding carboxylic acids is 1. The molecular formula is C14H17BrFN3O. The van der Waals surface area contributed by atoms with E-state index in [9.17, 15) is 9.18 Å². The predicted octanol–water partition coefficient (Wildman–Crippen LogP) is 2.52. The molecule has 1 atom stereocenters. The van der Waals surface area contributed by atoms with Gasteiger partial charge in [0.05, 0.1) is 12.3 Å². The van der Waals surface area contributed by atoms with Crippen LogP contribution in [0.3, 0.4) is 0 Å². The van der Waals surface area contributed by atoms with Gasteiger partial charge in [0.25, 0.3) is 5.91 Å². The smallest absolute Gasteiger partial charge is 0.257 e. The number of hydrazone groups is 1. The average molecular weight is 342 g/mol. The van der Waals surface area contributed by atoms with Crippen molar-refractivity contribution in [2.24, 2.45) is 5.10 Å². The minimum absolute atomic E-state index is 0.140. The van der Waals surface area contributed by atoms with Crippen LogP contribution in [-0.2, 0) is 4.79 Å². The zero-order chi connectivity index (χ0) is 14.5. The van der Waals surface area contributed by atoms with Crippen LogP contribution in [0.5, 0.6) is 0 Å². The van der Waals surface area contributed by atoms with Gasteiger partial charge in [0.15, 0.2) is 0 Å². The molecule has 1 unspecified atom stereocenters. The van der Waals surface area contributed by atoms with E-state index < -0.39 is 0 Å². The van der Waals surface area contributed by atoms with E-state index in [4.69, 9.17) is 0 Å². The van der Waals surface area contributed by atoms with Crippen LogP contribution in [0.4, 0.5) is 4.39 Å². The standard InChI is InChI=1S/C14H17BrFN3O/c1-19-7-3-2-4-13(19)14(20)18-17-9-10-8-11(15)5-6-12(10)16/h5-6,8-9,13H,2-4,7H2,1H3,(H,18,20)/b17-9+. The number of nitrogens with one attached hydrogen (secondary N) is 1. The van der Waals surface area contributed by atoms with Crippen LogP contribution in [0.2, 0.25) is 0 Å². The molecule has 4 nitrogen and oxygen atoms in total. The number of carbonyl (C=O) groups is 1. The van der Waals surface area contributed by atoms with Gasteiger partial charge in [0, 0.05) is 10.0 Å². The second kappa shape index (κ2) is 6.95. The van der Waals surface area contributed by atoms with Crippen molar-refractivity contribution >= 4 is 28.1 Å². The van der Waals surface area contributed by atoms with Gasteiger partial charge in [-0.05, 0) is 44.6 Å². The summed E-state index contributed by atoms with van der Waals surface area (Å²) in [5.74, 6) is -0.514. The number of rotatable bonds is 3. The van der Waals surface area contributed by atoms with Crippen LogP contribution in [0.1, 0.15) is 24.8 Å². The molecule has 0 spiro atoms. The Balaban J connectivity index is 1.95. The molecule has 0 bridgehead atoms. The summed E-state index contributed by atoms with van der Waals surface area (Å²) in [5, 5.41) is 3.84. The molecule has 1 aliphatic rings. The SMILES string of the molecule is CN1CCCCC1C(=O)N/N=C/c1cc(Br)ccc1F. The summed E-state index contributed by atoms with van der Waals surface area (Å²) in [6, 6.07) is 4.43. The minimum atomic E-state index is -0.374. The van der Waals surface area contributed by atoms with E-state index in [0.717, 1.165) is 30.3 Å². The molecule has 1 aromatic rings. The number of halogens is 2. The van der Waals surface area contributed by atoms with E-state index in [1.807, 2.05) is 11.9 Å². The number of amides is 1. The monoisotopic (exact) mass is 341 g/mol. The highest BCUT2D eigenvalue weighted by Gasteiger charge is 2.25. The fourth-order valence-corrected chi connectivity index (χ4v) is 2.64. The van der Waals surface area contributed by atoms with E-state index in [0.29, 0.717) is 5.56 Å². The van der Waals surface area contributed by atoms with Gasteiger partial charge < -0.3 is 0 Å². The first kappa shape index (κ1) is 15.1. The Labute approximate surface area is 126 Å². The van der Waals surface area contributed by atoms with Crippen molar-refractivity contribution in [3.8, 4) is 0 Å². The second-order valence-electron chi connectivity index (χ2n) is 4.89. The highest BCUT2D eigenvalue weighted by Crippen LogP contribution is 2.15. The van der Waals surface area contributed by atoms with Crippen molar-refractivity contribution in [3.63, 3.8) is 0 Å². The molecule has 1 saturated heterocycles. The quantitative estimate of drug-likeness (QED) is 0.678. The summed E-state index contributed by atoms with van der Waals surface area (Å²) < 4.78 is 14.2. The number of hydrogen-bond donors (Lipinski definition) is 1. The summed E-state index contributed by atoms with van der Waals surface area (Å²) in [6.45, 7) is 0.919. The molecule has 6 heteroatoms. The largest absolute Gasteiger partial charge is 0.295 e. The van der Waals surface area contributed by atoms with Crippen molar-refractivity contribution in [2.45, 2.75) is 25.3 Å². The Morgan fingerprint density at radius 1 is 1.55 bits per heavy atom. The molecule has 1 heterocycles. The summed E-state index contributed by atoms with van der Waals surface area (Å²) in [6.07, 6.45) is 4.32. The molecule has 0 radical (unpaired) electrons. The maximum atomic E-state index is 13.5. The topological polar surface area (TPSA) is 44.7 Å². The molecule has 2 rings (SSSR count). The molecule has 0 aliphatic carbocycles. The van der Waals surface area contributed by atoms with Gasteiger partial charge in [-0.15, -0.1) is 0 Å². The number of likely N-dealkylation sites (N-methyl/N-ethyl adjacent to an activating group) is 1. The summed E-state index contributed by atoms with van der Waals surface area (Å²) in [7, 11) is 1.93. The van der Waals surface area contributed by atoms with Crippen LogP contribution < -0.4 is 5.43 Å². The molecule has 108 valence electrons. The highest BCUT2D eigenvalue weighted by molar-refractivity contribution is 9.10. The molecule has 20 heavy (non-hydrogen) atoms. The van der Waals surface area contributed by atoms with Gasteiger partial charge in [-0.3, -0.25) is 9.69 Å². The van der Waals surface area contributed by atoms with Crippen LogP contribution in [0.15, 0.2) is 27.8 Å². The maximum absolute atomic E-state index is 13.5. The van der Waals surface area contributed by atoms with Crippen LogP contribution in [0, 0.1) is 5.82 Å². The van der Waals surface area contributed by atoms with E-state index in [1.54, 1.807) is 12.1 Å². The zero-order valence-corrected chi connectivity index (χ0v) is 12.9. The molecule has 1 fully saturated rings. The summed E-state index contributed by atoms with van der Waals surface area (Å²) >= 11 is 3.27. The lowest BCUT2D eigenvalue weighted by atomic mass is 10.0. The first-order valence-corrected chi connectivity index (χ1v) is 7.35. The normalized spacial score (nSPS) is 20.2. The van der Waals surface area contributed by atoms with Gasteiger partial charge in [0.1, 0.15) is 5.82 Å². The number of hydrogen-bond acceptors (Lipinski definition) is 3. The molecule has 1 amide bonds. The predicted molar refractivity (Wildman–Crippen MR) is 80.1 cm³/mol. The van der Waals surface area contributed by atoms with Crippen molar-refractivity contribution in [1.29, 1.82) is 0 Å². The van der Waals surface area contributed by atoms with E-state index in [1.165, 1.54) is 12.3 Å². The first-order valence-electron chi connectivity index (χ1n) is 6.56. The van der Waals surface area contributed by atoms with Crippen LogP contribution >= 0.6 is 15.9 Å². The Bertz CT molecular complexity index is 521. The molecule has 1 aliphatic heterocycles. The molecular weight excluding hydrogens is 325 g/mol. The molecule has 1 aromatic carbocycles. The van der Waals surface area contributed by atoms with Crippen molar-refractivity contribution in [1.82, 2.24) is 10.3 Å². The number of likely N-dealkylation sites (tertiary alicyclic amines) is 1. The Morgan fingerprint density at radius 3 is 3.10 bits per heavy atom. The van der Waals surface area contributed by atoms with E-state index >= 15 is 0 Å². The third kappa shape index (κ3) is 3.86. The minimum Gasteiger partial charge on any atom is -0.295 e. The lowest BCUT2D eigenvalue weighted by molar-refractivity contribution is -0.126. The van der Waals surface area contributed by atoms with Crippen LogP contribution in [-0.4, -0.2) is 36.7 Å².